The molecule has 1 fully saturated rings. The molecule has 0 bridgehead atoms. The standard InChI is InChI=1S/C15H22N2O/c1-11-8-17(9-12(2)16-11)10-13-3-4-15-14(7-13)5-6-18-15/h3-4,7,11-12,16H,5-6,8-10H2,1-2H3. The van der Waals surface area contributed by atoms with E-state index in [9.17, 15) is 0 Å². The van der Waals surface area contributed by atoms with Gasteiger partial charge in [0.2, 0.25) is 0 Å². The van der Waals surface area contributed by atoms with Crippen molar-refractivity contribution in [2.75, 3.05) is 19.7 Å². The largest absolute Gasteiger partial charge is 0.493 e. The molecule has 0 saturated carbocycles. The van der Waals surface area contributed by atoms with Gasteiger partial charge < -0.3 is 10.1 Å². The third-order valence-electron chi connectivity index (χ3n) is 3.79. The summed E-state index contributed by atoms with van der Waals surface area (Å²) in [4.78, 5) is 2.55. The zero-order chi connectivity index (χ0) is 12.5. The van der Waals surface area contributed by atoms with Gasteiger partial charge in [-0.1, -0.05) is 12.1 Å². The quantitative estimate of drug-likeness (QED) is 0.861. The lowest BCUT2D eigenvalue weighted by atomic mass is 10.1. The van der Waals surface area contributed by atoms with Crippen LogP contribution < -0.4 is 10.1 Å². The monoisotopic (exact) mass is 246 g/mol. The highest BCUT2D eigenvalue weighted by atomic mass is 16.5. The number of rotatable bonds is 2. The van der Waals surface area contributed by atoms with E-state index in [0.29, 0.717) is 12.1 Å². The van der Waals surface area contributed by atoms with E-state index in [4.69, 9.17) is 4.74 Å². The molecule has 2 heterocycles. The second-order valence-corrected chi connectivity index (χ2v) is 5.70. The minimum atomic E-state index is 0.589. The van der Waals surface area contributed by atoms with Gasteiger partial charge in [0.15, 0.2) is 0 Å². The van der Waals surface area contributed by atoms with Crippen molar-refractivity contribution in [3.8, 4) is 5.75 Å². The van der Waals surface area contributed by atoms with Gasteiger partial charge >= 0.3 is 0 Å². The molecule has 18 heavy (non-hydrogen) atoms. The van der Waals surface area contributed by atoms with Crippen LogP contribution in [-0.2, 0) is 13.0 Å². The fourth-order valence-electron chi connectivity index (χ4n) is 3.17. The molecule has 98 valence electrons. The number of nitrogens with one attached hydrogen (secondary N) is 1. The van der Waals surface area contributed by atoms with E-state index in [-0.39, 0.29) is 0 Å². The summed E-state index contributed by atoms with van der Waals surface area (Å²) in [6, 6.07) is 7.84. The zero-order valence-corrected chi connectivity index (χ0v) is 11.3. The second-order valence-electron chi connectivity index (χ2n) is 5.70. The third-order valence-corrected chi connectivity index (χ3v) is 3.79. The highest BCUT2D eigenvalue weighted by molar-refractivity contribution is 5.39. The van der Waals surface area contributed by atoms with Crippen LogP contribution in [0.4, 0.5) is 0 Å². The highest BCUT2D eigenvalue weighted by Crippen LogP contribution is 2.26. The Morgan fingerprint density at radius 3 is 2.83 bits per heavy atom. The first kappa shape index (κ1) is 12.0. The summed E-state index contributed by atoms with van der Waals surface area (Å²) in [5.74, 6) is 1.08. The SMILES string of the molecule is CC1CN(Cc2ccc3c(c2)CCO3)CC(C)N1. The molecule has 2 atom stereocenters. The topological polar surface area (TPSA) is 24.5 Å². The first-order chi connectivity index (χ1) is 8.70. The molecule has 3 heteroatoms. The van der Waals surface area contributed by atoms with E-state index in [2.05, 4.69) is 42.3 Å². The van der Waals surface area contributed by atoms with Crippen molar-refractivity contribution in [2.24, 2.45) is 0 Å². The van der Waals surface area contributed by atoms with Gasteiger partial charge in [0.05, 0.1) is 6.61 Å². The van der Waals surface area contributed by atoms with E-state index in [0.717, 1.165) is 38.4 Å². The molecule has 1 N–H and O–H groups in total. The van der Waals surface area contributed by atoms with Crippen LogP contribution in [0.3, 0.4) is 0 Å². The van der Waals surface area contributed by atoms with E-state index in [1.807, 2.05) is 0 Å². The van der Waals surface area contributed by atoms with Gasteiger partial charge in [0, 0.05) is 38.1 Å². The third kappa shape index (κ3) is 2.52. The number of hydrogen-bond donors (Lipinski definition) is 1. The van der Waals surface area contributed by atoms with Crippen molar-refractivity contribution in [3.63, 3.8) is 0 Å². The fourth-order valence-corrected chi connectivity index (χ4v) is 3.17. The summed E-state index contributed by atoms with van der Waals surface area (Å²) in [6.45, 7) is 8.71. The van der Waals surface area contributed by atoms with Crippen molar-refractivity contribution < 1.29 is 4.74 Å². The van der Waals surface area contributed by atoms with E-state index in [1.54, 1.807) is 0 Å². The molecule has 0 spiro atoms. The maximum absolute atomic E-state index is 5.55. The number of piperazine rings is 1. The van der Waals surface area contributed by atoms with Crippen LogP contribution in [0, 0.1) is 0 Å². The van der Waals surface area contributed by atoms with Gasteiger partial charge in [-0.3, -0.25) is 4.90 Å². The average Bonchev–Trinajstić information content (AvgIpc) is 2.74. The molecule has 0 amide bonds. The van der Waals surface area contributed by atoms with Crippen LogP contribution in [0.1, 0.15) is 25.0 Å². The Morgan fingerprint density at radius 1 is 1.28 bits per heavy atom. The molecule has 1 aromatic rings. The lowest BCUT2D eigenvalue weighted by Gasteiger charge is -2.36. The number of hydrogen-bond acceptors (Lipinski definition) is 3. The summed E-state index contributed by atoms with van der Waals surface area (Å²) in [5.41, 5.74) is 2.80. The zero-order valence-electron chi connectivity index (χ0n) is 11.3. The van der Waals surface area contributed by atoms with Crippen molar-refractivity contribution in [3.05, 3.63) is 29.3 Å². The maximum atomic E-state index is 5.55. The van der Waals surface area contributed by atoms with Crippen LogP contribution in [0.5, 0.6) is 5.75 Å². The molecular formula is C15H22N2O. The summed E-state index contributed by atoms with van der Waals surface area (Å²) < 4.78 is 5.55. The summed E-state index contributed by atoms with van der Waals surface area (Å²) in [7, 11) is 0. The van der Waals surface area contributed by atoms with Crippen LogP contribution in [-0.4, -0.2) is 36.7 Å². The number of fused-ring (bicyclic) bond motifs is 1. The Morgan fingerprint density at radius 2 is 2.06 bits per heavy atom. The lowest BCUT2D eigenvalue weighted by molar-refractivity contribution is 0.166. The predicted octanol–water partition coefficient (Wildman–Crippen LogP) is 1.80. The Kier molecular flexibility index (Phi) is 3.27. The van der Waals surface area contributed by atoms with Gasteiger partial charge in [-0.25, -0.2) is 0 Å². The first-order valence-electron chi connectivity index (χ1n) is 6.94. The number of nitrogens with zero attached hydrogens (tertiary/aromatic N) is 1. The molecule has 1 saturated heterocycles. The molecule has 0 radical (unpaired) electrons. The van der Waals surface area contributed by atoms with Crippen molar-refractivity contribution >= 4 is 0 Å². The average molecular weight is 246 g/mol. The minimum absolute atomic E-state index is 0.589. The molecule has 3 rings (SSSR count). The Balaban J connectivity index is 1.69. The van der Waals surface area contributed by atoms with Crippen LogP contribution in [0.2, 0.25) is 0 Å². The Bertz CT molecular complexity index is 423. The second kappa shape index (κ2) is 4.90. The summed E-state index contributed by atoms with van der Waals surface area (Å²) in [5, 5.41) is 3.57. The molecule has 3 nitrogen and oxygen atoms in total. The van der Waals surface area contributed by atoms with Gasteiger partial charge in [-0.15, -0.1) is 0 Å². The van der Waals surface area contributed by atoms with Gasteiger partial charge in [-0.2, -0.15) is 0 Å². The molecule has 1 aromatic carbocycles. The van der Waals surface area contributed by atoms with E-state index in [1.165, 1.54) is 11.1 Å². The molecule has 0 aliphatic carbocycles. The van der Waals surface area contributed by atoms with Crippen molar-refractivity contribution in [2.45, 2.75) is 38.9 Å². The predicted molar refractivity (Wildman–Crippen MR) is 73.0 cm³/mol. The normalized spacial score (nSPS) is 27.9. The molecule has 2 aliphatic rings. The summed E-state index contributed by atoms with van der Waals surface area (Å²) >= 11 is 0. The van der Waals surface area contributed by atoms with Gasteiger partial charge in [0.25, 0.3) is 0 Å². The Labute approximate surface area is 109 Å². The minimum Gasteiger partial charge on any atom is -0.493 e. The summed E-state index contributed by atoms with van der Waals surface area (Å²) in [6.07, 6.45) is 1.07. The van der Waals surface area contributed by atoms with Crippen molar-refractivity contribution in [1.82, 2.24) is 10.2 Å². The van der Waals surface area contributed by atoms with E-state index < -0.39 is 0 Å². The molecular weight excluding hydrogens is 224 g/mol. The number of ether oxygens (including phenoxy) is 1. The lowest BCUT2D eigenvalue weighted by Crippen LogP contribution is -2.53. The fraction of sp³-hybridized carbons (Fsp3) is 0.600. The van der Waals surface area contributed by atoms with Crippen LogP contribution in [0.25, 0.3) is 0 Å². The smallest absolute Gasteiger partial charge is 0.122 e. The number of benzene rings is 1. The van der Waals surface area contributed by atoms with Crippen LogP contribution >= 0.6 is 0 Å². The van der Waals surface area contributed by atoms with E-state index >= 15 is 0 Å². The van der Waals surface area contributed by atoms with Crippen LogP contribution in [0.15, 0.2) is 18.2 Å². The molecule has 0 aromatic heterocycles. The molecule has 2 unspecified atom stereocenters. The molecule has 2 aliphatic heterocycles. The van der Waals surface area contributed by atoms with Gasteiger partial charge in [0.1, 0.15) is 5.75 Å². The maximum Gasteiger partial charge on any atom is 0.122 e. The van der Waals surface area contributed by atoms with Gasteiger partial charge in [-0.05, 0) is 31.0 Å². The van der Waals surface area contributed by atoms with Crippen molar-refractivity contribution in [1.29, 1.82) is 0 Å². The Hall–Kier alpha value is -1.06. The first-order valence-corrected chi connectivity index (χ1v) is 6.94. The highest BCUT2D eigenvalue weighted by Gasteiger charge is 2.21.